The van der Waals surface area contributed by atoms with E-state index in [0.29, 0.717) is 6.04 Å². The lowest BCUT2D eigenvalue weighted by Gasteiger charge is -2.32. The summed E-state index contributed by atoms with van der Waals surface area (Å²) in [7, 11) is 0. The van der Waals surface area contributed by atoms with Gasteiger partial charge in [0.2, 0.25) is 0 Å². The molecule has 2 unspecified atom stereocenters. The Morgan fingerprint density at radius 3 is 2.70 bits per heavy atom. The van der Waals surface area contributed by atoms with Crippen LogP contribution in [0.5, 0.6) is 0 Å². The summed E-state index contributed by atoms with van der Waals surface area (Å²) in [6.45, 7) is 8.60. The molecule has 1 aromatic rings. The Labute approximate surface area is 277 Å². The third-order valence-corrected chi connectivity index (χ3v) is 9.25. The molecule has 0 fully saturated rings. The average Bonchev–Trinajstić information content (AvgIpc) is 3.08. The lowest BCUT2D eigenvalue weighted by atomic mass is 9.85. The zero-order valence-corrected chi connectivity index (χ0v) is 27.9. The van der Waals surface area contributed by atoms with Crippen molar-refractivity contribution in [2.45, 2.75) is 96.6 Å². The normalized spacial score (nSPS) is 21.6. The highest BCUT2D eigenvalue weighted by Crippen LogP contribution is 2.31. The number of hydrogen-bond acceptors (Lipinski definition) is 4. The molecular weight excluding hydrogens is 560 g/mol. The molecule has 240 valence electrons. The highest BCUT2D eigenvalue weighted by atomic mass is 15.1. The van der Waals surface area contributed by atoms with Gasteiger partial charge >= 0.3 is 0 Å². The maximum atomic E-state index is 8.45. The van der Waals surface area contributed by atoms with E-state index < -0.39 is 0 Å². The Hall–Kier alpha value is -4.31. The molecule has 0 radical (unpaired) electrons. The topological polar surface area (TPSA) is 59.9 Å². The Kier molecular flexibility index (Phi) is 12.1. The maximum absolute atomic E-state index is 8.45. The molecule has 4 N–H and O–H groups in total. The Balaban J connectivity index is 1.20. The Morgan fingerprint density at radius 1 is 1.04 bits per heavy atom. The zero-order chi connectivity index (χ0) is 32.1. The molecule has 0 amide bonds. The quantitative estimate of drug-likeness (QED) is 0.125. The fraction of sp³-hybridized carbons (Fsp3) is 0.357. The molecule has 46 heavy (non-hydrogen) atoms. The number of hydrogen-bond donors (Lipinski definition) is 4. The summed E-state index contributed by atoms with van der Waals surface area (Å²) in [6.07, 6.45) is 36.2. The van der Waals surface area contributed by atoms with Crippen LogP contribution in [-0.4, -0.2) is 17.8 Å². The van der Waals surface area contributed by atoms with Crippen molar-refractivity contribution in [2.75, 3.05) is 5.32 Å². The first-order valence-corrected chi connectivity index (χ1v) is 17.3. The van der Waals surface area contributed by atoms with Crippen molar-refractivity contribution in [3.05, 3.63) is 149 Å². The highest BCUT2D eigenvalue weighted by molar-refractivity contribution is 5.92. The second-order valence-corrected chi connectivity index (χ2v) is 12.9. The van der Waals surface area contributed by atoms with Gasteiger partial charge in [-0.05, 0) is 106 Å². The fourth-order valence-corrected chi connectivity index (χ4v) is 6.58. The van der Waals surface area contributed by atoms with Crippen molar-refractivity contribution >= 4 is 11.4 Å². The van der Waals surface area contributed by atoms with Gasteiger partial charge in [-0.15, -0.1) is 0 Å². The SMILES string of the molecule is C=C(/C=C\C1=C(Nc2ccccc2)NC(C2=CCCC(C3CCC(/C=C\C(=N)CCCC4=CC=CCC4)=C(C)N3)=C2)C=C1)CCC. The van der Waals surface area contributed by atoms with E-state index in [9.17, 15) is 0 Å². The molecule has 0 bridgehead atoms. The van der Waals surface area contributed by atoms with Crippen LogP contribution in [0.25, 0.3) is 0 Å². The number of dihydropyridines is 1. The summed E-state index contributed by atoms with van der Waals surface area (Å²) in [4.78, 5) is 0. The minimum absolute atomic E-state index is 0.105. The second kappa shape index (κ2) is 16.8. The number of nitrogens with one attached hydrogen (secondary N) is 4. The number of anilines is 1. The molecular formula is C42H52N4. The van der Waals surface area contributed by atoms with E-state index >= 15 is 0 Å². The highest BCUT2D eigenvalue weighted by Gasteiger charge is 2.24. The predicted octanol–water partition coefficient (Wildman–Crippen LogP) is 10.4. The van der Waals surface area contributed by atoms with Crippen LogP contribution in [0, 0.1) is 5.41 Å². The van der Waals surface area contributed by atoms with E-state index in [1.165, 1.54) is 34.4 Å². The lowest BCUT2D eigenvalue weighted by molar-refractivity contribution is 0.535. The van der Waals surface area contributed by atoms with Gasteiger partial charge in [0.15, 0.2) is 0 Å². The maximum Gasteiger partial charge on any atom is 0.111 e. The molecule has 1 aromatic carbocycles. The zero-order valence-electron chi connectivity index (χ0n) is 27.9. The van der Waals surface area contributed by atoms with Gasteiger partial charge in [0.1, 0.15) is 5.82 Å². The van der Waals surface area contributed by atoms with Gasteiger partial charge in [0.25, 0.3) is 0 Å². The van der Waals surface area contributed by atoms with Gasteiger partial charge in [-0.3, -0.25) is 0 Å². The summed E-state index contributed by atoms with van der Waals surface area (Å²) in [6, 6.07) is 10.8. The van der Waals surface area contributed by atoms with Crippen molar-refractivity contribution in [3.63, 3.8) is 0 Å². The van der Waals surface area contributed by atoms with E-state index in [2.05, 4.69) is 121 Å². The summed E-state index contributed by atoms with van der Waals surface area (Å²) in [5.74, 6) is 1.01. The van der Waals surface area contributed by atoms with E-state index in [4.69, 9.17) is 5.41 Å². The van der Waals surface area contributed by atoms with Crippen LogP contribution in [0.3, 0.4) is 0 Å². The Morgan fingerprint density at radius 2 is 1.91 bits per heavy atom. The summed E-state index contributed by atoms with van der Waals surface area (Å²) in [5.41, 5.74) is 11.0. The van der Waals surface area contributed by atoms with Gasteiger partial charge in [0.05, 0.1) is 6.04 Å². The van der Waals surface area contributed by atoms with Crippen LogP contribution < -0.4 is 16.0 Å². The molecule has 0 saturated heterocycles. The average molecular weight is 613 g/mol. The minimum Gasteiger partial charge on any atom is -0.382 e. The molecule has 2 aliphatic heterocycles. The molecule has 4 aliphatic rings. The van der Waals surface area contributed by atoms with Crippen LogP contribution in [-0.2, 0) is 0 Å². The molecule has 2 heterocycles. The van der Waals surface area contributed by atoms with Gasteiger partial charge in [0, 0.05) is 28.7 Å². The Bertz CT molecular complexity index is 1540. The van der Waals surface area contributed by atoms with Crippen molar-refractivity contribution < 1.29 is 0 Å². The van der Waals surface area contributed by atoms with Crippen LogP contribution >= 0.6 is 0 Å². The third kappa shape index (κ3) is 9.59. The van der Waals surface area contributed by atoms with Crippen LogP contribution in [0.15, 0.2) is 149 Å². The predicted molar refractivity (Wildman–Crippen MR) is 198 cm³/mol. The van der Waals surface area contributed by atoms with Crippen LogP contribution in [0.4, 0.5) is 5.69 Å². The molecule has 0 spiro atoms. The van der Waals surface area contributed by atoms with E-state index in [-0.39, 0.29) is 6.04 Å². The van der Waals surface area contributed by atoms with Gasteiger partial charge in [-0.1, -0.05) is 110 Å². The standard InChI is InChI=1S/C42H52N4/c1-4-13-31(2)22-23-35-26-29-41(46-42(35)45-39-20-9-6-10-21-39)37-18-12-17-36(30-37)40-28-25-34(32(3)44-40)24-27-38(43)19-11-16-33-14-7-5-8-15-33/h5-7,9-10,14,18,20-24,26-27,29-30,40-41,43-46H,2,4,8,11-13,15-17,19,25,28H2,1,3H3/b23-22-,27-24-,43-38?. The lowest BCUT2D eigenvalue weighted by Crippen LogP contribution is -2.37. The van der Waals surface area contributed by atoms with Crippen molar-refractivity contribution in [3.8, 4) is 0 Å². The van der Waals surface area contributed by atoms with Crippen molar-refractivity contribution in [1.82, 2.24) is 10.6 Å². The van der Waals surface area contributed by atoms with E-state index in [0.717, 1.165) is 92.6 Å². The molecule has 0 saturated carbocycles. The number of benzene rings is 1. The molecule has 0 aromatic heterocycles. The summed E-state index contributed by atoms with van der Waals surface area (Å²) < 4.78 is 0. The minimum atomic E-state index is 0.105. The number of allylic oxidation sites excluding steroid dienone is 14. The summed E-state index contributed by atoms with van der Waals surface area (Å²) >= 11 is 0. The smallest absolute Gasteiger partial charge is 0.111 e. The largest absolute Gasteiger partial charge is 0.382 e. The number of rotatable bonds is 14. The van der Waals surface area contributed by atoms with Gasteiger partial charge in [-0.2, -0.15) is 0 Å². The first-order chi connectivity index (χ1) is 22.5. The van der Waals surface area contributed by atoms with Crippen LogP contribution in [0.1, 0.15) is 84.5 Å². The first-order valence-electron chi connectivity index (χ1n) is 17.3. The molecule has 4 heteroatoms. The molecule has 5 rings (SSSR count). The third-order valence-electron chi connectivity index (χ3n) is 9.25. The molecule has 2 atom stereocenters. The first kappa shape index (κ1) is 33.1. The fourth-order valence-electron chi connectivity index (χ4n) is 6.58. The molecule has 4 nitrogen and oxygen atoms in total. The van der Waals surface area contributed by atoms with E-state index in [1.807, 2.05) is 12.1 Å². The van der Waals surface area contributed by atoms with Crippen molar-refractivity contribution in [2.24, 2.45) is 0 Å². The van der Waals surface area contributed by atoms with Crippen molar-refractivity contribution in [1.29, 1.82) is 5.41 Å². The van der Waals surface area contributed by atoms with E-state index in [1.54, 1.807) is 0 Å². The second-order valence-electron chi connectivity index (χ2n) is 12.9. The van der Waals surface area contributed by atoms with Gasteiger partial charge < -0.3 is 21.4 Å². The summed E-state index contributed by atoms with van der Waals surface area (Å²) in [5, 5.41) is 19.7. The number of para-hydroxylation sites is 1. The monoisotopic (exact) mass is 612 g/mol. The van der Waals surface area contributed by atoms with Gasteiger partial charge in [-0.25, -0.2) is 0 Å². The molecule has 2 aliphatic carbocycles. The van der Waals surface area contributed by atoms with Crippen LogP contribution in [0.2, 0.25) is 0 Å².